The average Bonchev–Trinajstić information content (AvgIpc) is 3.47. The Bertz CT molecular complexity index is 862. The van der Waals surface area contributed by atoms with Gasteiger partial charge in [0.2, 0.25) is 0 Å². The second-order valence-electron chi connectivity index (χ2n) is 7.86. The molecule has 0 radical (unpaired) electrons. The predicted octanol–water partition coefficient (Wildman–Crippen LogP) is 5.87. The van der Waals surface area contributed by atoms with Crippen LogP contribution in [0.2, 0.25) is 0 Å². The van der Waals surface area contributed by atoms with Gasteiger partial charge in [0.05, 0.1) is 5.75 Å². The van der Waals surface area contributed by atoms with Crippen molar-refractivity contribution < 1.29 is 8.42 Å². The summed E-state index contributed by atoms with van der Waals surface area (Å²) in [5.74, 6) is 0.431. The highest BCUT2D eigenvalue weighted by atomic mass is 32.2. The topological polar surface area (TPSA) is 46.5 Å². The molecule has 2 atom stereocenters. The van der Waals surface area contributed by atoms with E-state index in [1.165, 1.54) is 24.8 Å². The Morgan fingerprint density at radius 3 is 2.21 bits per heavy atom. The summed E-state index contributed by atoms with van der Waals surface area (Å²) in [5.41, 5.74) is 2.07. The molecule has 3 nitrogen and oxygen atoms in total. The van der Waals surface area contributed by atoms with E-state index in [0.29, 0.717) is 6.42 Å². The van der Waals surface area contributed by atoms with Gasteiger partial charge in [-0.2, -0.15) is 4.40 Å². The van der Waals surface area contributed by atoms with Crippen LogP contribution in [0.1, 0.15) is 68.9 Å². The lowest BCUT2D eigenvalue weighted by molar-refractivity contribution is 0.585. The molecule has 3 rings (SSSR count). The van der Waals surface area contributed by atoms with Gasteiger partial charge in [0.25, 0.3) is 10.0 Å². The molecular formula is C24H31NO2S. The number of nitrogens with zero attached hydrogens (tertiary/aromatic N) is 1. The monoisotopic (exact) mass is 397 g/mol. The lowest BCUT2D eigenvalue weighted by Crippen LogP contribution is -2.14. The minimum Gasteiger partial charge on any atom is -0.205 e. The molecule has 0 saturated heterocycles. The van der Waals surface area contributed by atoms with Crippen molar-refractivity contribution in [3.63, 3.8) is 0 Å². The molecule has 0 heterocycles. The molecule has 1 fully saturated rings. The first kappa shape index (κ1) is 20.8. The summed E-state index contributed by atoms with van der Waals surface area (Å²) >= 11 is 0. The van der Waals surface area contributed by atoms with Gasteiger partial charge in [-0.15, -0.1) is 0 Å². The van der Waals surface area contributed by atoms with Crippen molar-refractivity contribution in [2.75, 3.05) is 5.75 Å². The average molecular weight is 398 g/mol. The van der Waals surface area contributed by atoms with E-state index in [2.05, 4.69) is 35.6 Å². The summed E-state index contributed by atoms with van der Waals surface area (Å²) in [6.45, 7) is 2.18. The van der Waals surface area contributed by atoms with Gasteiger partial charge in [-0.3, -0.25) is 0 Å². The van der Waals surface area contributed by atoms with Gasteiger partial charge in [0.15, 0.2) is 0 Å². The Hall–Kier alpha value is -1.94. The molecule has 28 heavy (non-hydrogen) atoms. The molecule has 0 aliphatic heterocycles. The van der Waals surface area contributed by atoms with E-state index >= 15 is 0 Å². The van der Waals surface area contributed by atoms with Gasteiger partial charge in [-0.05, 0) is 29.9 Å². The molecule has 0 aromatic heterocycles. The molecule has 0 N–H and O–H groups in total. The van der Waals surface area contributed by atoms with Crippen LogP contribution in [0.4, 0.5) is 0 Å². The zero-order valence-electron chi connectivity index (χ0n) is 16.8. The second kappa shape index (κ2) is 9.51. The molecule has 1 aliphatic carbocycles. The highest BCUT2D eigenvalue weighted by molar-refractivity contribution is 7.90. The minimum atomic E-state index is -3.41. The van der Waals surface area contributed by atoms with Crippen molar-refractivity contribution >= 4 is 16.2 Å². The van der Waals surface area contributed by atoms with E-state index < -0.39 is 10.0 Å². The Labute approximate surface area is 170 Å². The third-order valence-electron chi connectivity index (χ3n) is 5.72. The molecule has 0 spiro atoms. The number of rotatable bonds is 11. The maximum absolute atomic E-state index is 12.5. The molecule has 2 aromatic carbocycles. The maximum Gasteiger partial charge on any atom is 0.252 e. The van der Waals surface area contributed by atoms with Gasteiger partial charge in [0.1, 0.15) is 0 Å². The van der Waals surface area contributed by atoms with E-state index in [1.807, 2.05) is 36.4 Å². The quantitative estimate of drug-likeness (QED) is 0.351. The largest absolute Gasteiger partial charge is 0.252 e. The molecular weight excluding hydrogens is 366 g/mol. The van der Waals surface area contributed by atoms with Crippen LogP contribution in [0, 0.1) is 0 Å². The van der Waals surface area contributed by atoms with Gasteiger partial charge in [-0.1, -0.05) is 99.7 Å². The molecule has 1 aliphatic rings. The van der Waals surface area contributed by atoms with Gasteiger partial charge < -0.3 is 0 Å². The first-order valence-electron chi connectivity index (χ1n) is 10.5. The number of unbranched alkanes of at least 4 members (excludes halogenated alkanes) is 5. The fourth-order valence-electron chi connectivity index (χ4n) is 3.96. The fraction of sp³-hybridized carbons (Fsp3) is 0.458. The van der Waals surface area contributed by atoms with Crippen LogP contribution >= 0.6 is 0 Å². The summed E-state index contributed by atoms with van der Waals surface area (Å²) in [4.78, 5) is 0. The van der Waals surface area contributed by atoms with E-state index in [0.717, 1.165) is 24.8 Å². The van der Waals surface area contributed by atoms with Crippen LogP contribution in [0.3, 0.4) is 0 Å². The van der Waals surface area contributed by atoms with E-state index in [-0.39, 0.29) is 17.1 Å². The molecule has 4 heteroatoms. The van der Waals surface area contributed by atoms with Gasteiger partial charge >= 0.3 is 0 Å². The third kappa shape index (κ3) is 5.32. The lowest BCUT2D eigenvalue weighted by atomic mass is 9.92. The maximum atomic E-state index is 12.5. The van der Waals surface area contributed by atoms with Gasteiger partial charge in [-0.25, -0.2) is 8.42 Å². The Morgan fingerprint density at radius 1 is 0.929 bits per heavy atom. The van der Waals surface area contributed by atoms with Crippen molar-refractivity contribution in [2.45, 2.75) is 63.2 Å². The van der Waals surface area contributed by atoms with Crippen LogP contribution in [0.5, 0.6) is 0 Å². The van der Waals surface area contributed by atoms with E-state index in [4.69, 9.17) is 0 Å². The normalized spacial score (nSPS) is 21.8. The highest BCUT2D eigenvalue weighted by Gasteiger charge is 2.55. The van der Waals surface area contributed by atoms with Crippen molar-refractivity contribution in [2.24, 2.45) is 4.40 Å². The van der Waals surface area contributed by atoms with Crippen molar-refractivity contribution in [3.05, 3.63) is 71.8 Å². The van der Waals surface area contributed by atoms with Crippen LogP contribution in [0.25, 0.3) is 0 Å². The molecule has 150 valence electrons. The van der Waals surface area contributed by atoms with Crippen LogP contribution in [-0.2, 0) is 15.4 Å². The molecule has 0 unspecified atom stereocenters. The molecule has 2 aromatic rings. The number of benzene rings is 2. The highest BCUT2D eigenvalue weighted by Crippen LogP contribution is 2.59. The molecule has 1 saturated carbocycles. The Morgan fingerprint density at radius 2 is 1.54 bits per heavy atom. The zero-order chi connectivity index (χ0) is 19.9. The SMILES string of the molecule is CCCCCCCCS(=O)(=O)/N=C/[C@@]1(c2ccccc2)C[C@@H]1c1ccccc1. The van der Waals surface area contributed by atoms with Crippen LogP contribution in [0.15, 0.2) is 65.1 Å². The standard InChI is InChI=1S/C24H31NO2S/c1-2-3-4-5-6-13-18-28(26,27)25-20-24(22-16-11-8-12-17-22)19-23(24)21-14-9-7-10-15-21/h7-12,14-17,20,23H,2-6,13,18-19H2,1H3/b25-20+/t23-,24-/m1/s1. The lowest BCUT2D eigenvalue weighted by Gasteiger charge is -2.13. The smallest absolute Gasteiger partial charge is 0.205 e. The predicted molar refractivity (Wildman–Crippen MR) is 118 cm³/mol. The van der Waals surface area contributed by atoms with Crippen molar-refractivity contribution in [3.8, 4) is 0 Å². The minimum absolute atomic E-state index is 0.149. The van der Waals surface area contributed by atoms with Crippen molar-refractivity contribution in [1.29, 1.82) is 0 Å². The zero-order valence-corrected chi connectivity index (χ0v) is 17.6. The Kier molecular flexibility index (Phi) is 7.06. The first-order valence-corrected chi connectivity index (χ1v) is 12.1. The summed E-state index contributed by atoms with van der Waals surface area (Å²) in [7, 11) is -3.41. The Balaban J connectivity index is 1.69. The molecule has 0 bridgehead atoms. The molecule has 0 amide bonds. The first-order chi connectivity index (χ1) is 13.6. The van der Waals surface area contributed by atoms with Gasteiger partial charge in [0, 0.05) is 11.6 Å². The summed E-state index contributed by atoms with van der Waals surface area (Å²) < 4.78 is 29.1. The summed E-state index contributed by atoms with van der Waals surface area (Å²) in [6.07, 6.45) is 9.00. The fourth-order valence-corrected chi connectivity index (χ4v) is 4.98. The summed E-state index contributed by atoms with van der Waals surface area (Å²) in [6, 6.07) is 20.5. The van der Waals surface area contributed by atoms with E-state index in [1.54, 1.807) is 6.21 Å². The van der Waals surface area contributed by atoms with E-state index in [9.17, 15) is 8.42 Å². The number of sulfonamides is 1. The number of hydrogen-bond acceptors (Lipinski definition) is 2. The third-order valence-corrected chi connectivity index (χ3v) is 6.95. The second-order valence-corrected chi connectivity index (χ2v) is 9.64. The number of hydrogen-bond donors (Lipinski definition) is 0. The summed E-state index contributed by atoms with van der Waals surface area (Å²) in [5, 5.41) is 0. The van der Waals surface area contributed by atoms with Crippen LogP contribution < -0.4 is 0 Å². The van der Waals surface area contributed by atoms with Crippen molar-refractivity contribution in [1.82, 2.24) is 0 Å². The van der Waals surface area contributed by atoms with Crippen LogP contribution in [-0.4, -0.2) is 20.4 Å².